The molecule has 0 saturated heterocycles. The molecule has 1 aromatic carbocycles. The fourth-order valence-corrected chi connectivity index (χ4v) is 1.66. The molecule has 0 radical (unpaired) electrons. The summed E-state index contributed by atoms with van der Waals surface area (Å²) in [6, 6.07) is 6.56. The summed E-state index contributed by atoms with van der Waals surface area (Å²) >= 11 is 0. The number of benzene rings is 1. The van der Waals surface area contributed by atoms with E-state index in [0.717, 1.165) is 5.69 Å². The number of anilines is 1. The molecule has 20 heavy (non-hydrogen) atoms. The third-order valence-electron chi connectivity index (χ3n) is 2.59. The summed E-state index contributed by atoms with van der Waals surface area (Å²) in [6.07, 6.45) is 3.35. The van der Waals surface area contributed by atoms with Crippen LogP contribution in [0.4, 0.5) is 5.69 Å². The van der Waals surface area contributed by atoms with Crippen LogP contribution in [0, 0.1) is 0 Å². The summed E-state index contributed by atoms with van der Waals surface area (Å²) in [5.41, 5.74) is 1.83. The molecule has 0 bridgehead atoms. The van der Waals surface area contributed by atoms with Crippen molar-refractivity contribution in [1.29, 1.82) is 0 Å². The molecule has 0 unspecified atom stereocenters. The summed E-state index contributed by atoms with van der Waals surface area (Å²) in [5.74, 6) is -0.527. The maximum Gasteiger partial charge on any atom is 0.338 e. The van der Waals surface area contributed by atoms with Crippen LogP contribution >= 0.6 is 0 Å². The normalized spacial score (nSPS) is 10.1. The van der Waals surface area contributed by atoms with Crippen molar-refractivity contribution in [2.45, 2.75) is 13.3 Å². The molecule has 2 rings (SSSR count). The van der Waals surface area contributed by atoms with E-state index in [0.29, 0.717) is 17.9 Å². The molecule has 6 heteroatoms. The van der Waals surface area contributed by atoms with Gasteiger partial charge in [0, 0.05) is 17.6 Å². The molecule has 1 aromatic heterocycles. The molecular weight excluding hydrogens is 258 g/mol. The molecule has 2 aromatic rings. The third-order valence-corrected chi connectivity index (χ3v) is 2.59. The molecule has 0 aliphatic heterocycles. The van der Waals surface area contributed by atoms with Crippen LogP contribution in [-0.2, 0) is 16.0 Å². The Hall–Kier alpha value is -2.63. The quantitative estimate of drug-likeness (QED) is 0.813. The van der Waals surface area contributed by atoms with Crippen LogP contribution in [0.1, 0.15) is 23.0 Å². The molecule has 6 nitrogen and oxygen atoms in total. The van der Waals surface area contributed by atoms with Gasteiger partial charge < -0.3 is 15.0 Å². The SMILES string of the molecule is CCOC(=O)c1ccc(NC(=O)Cc2cnc[nH]2)cc1. The van der Waals surface area contributed by atoms with Crippen LogP contribution in [0.5, 0.6) is 0 Å². The van der Waals surface area contributed by atoms with E-state index in [-0.39, 0.29) is 18.3 Å². The Bertz CT molecular complexity index is 576. The zero-order valence-electron chi connectivity index (χ0n) is 11.1. The second-order valence-electron chi connectivity index (χ2n) is 4.10. The van der Waals surface area contributed by atoms with Gasteiger partial charge in [-0.2, -0.15) is 0 Å². The Balaban J connectivity index is 1.93. The highest BCUT2D eigenvalue weighted by atomic mass is 16.5. The Kier molecular flexibility index (Phi) is 4.49. The van der Waals surface area contributed by atoms with Gasteiger partial charge in [-0.3, -0.25) is 4.79 Å². The summed E-state index contributed by atoms with van der Waals surface area (Å²) in [6.45, 7) is 2.09. The number of hydrogen-bond acceptors (Lipinski definition) is 4. The maximum absolute atomic E-state index is 11.8. The number of ether oxygens (including phenoxy) is 1. The van der Waals surface area contributed by atoms with Crippen molar-refractivity contribution in [2.75, 3.05) is 11.9 Å². The van der Waals surface area contributed by atoms with Crippen LogP contribution in [-0.4, -0.2) is 28.5 Å². The van der Waals surface area contributed by atoms with Gasteiger partial charge in [-0.05, 0) is 31.2 Å². The van der Waals surface area contributed by atoms with E-state index < -0.39 is 0 Å². The molecule has 0 aliphatic rings. The fraction of sp³-hybridized carbons (Fsp3) is 0.214. The highest BCUT2D eigenvalue weighted by Gasteiger charge is 2.08. The van der Waals surface area contributed by atoms with Crippen molar-refractivity contribution in [3.63, 3.8) is 0 Å². The second kappa shape index (κ2) is 6.51. The number of carbonyl (C=O) groups excluding carboxylic acids is 2. The van der Waals surface area contributed by atoms with Crippen LogP contribution in [0.15, 0.2) is 36.8 Å². The third kappa shape index (κ3) is 3.68. The van der Waals surface area contributed by atoms with Gasteiger partial charge in [-0.15, -0.1) is 0 Å². The van der Waals surface area contributed by atoms with E-state index in [1.807, 2.05) is 0 Å². The number of nitrogens with one attached hydrogen (secondary N) is 2. The number of hydrogen-bond donors (Lipinski definition) is 2. The smallest absolute Gasteiger partial charge is 0.338 e. The van der Waals surface area contributed by atoms with E-state index in [4.69, 9.17) is 4.74 Å². The monoisotopic (exact) mass is 273 g/mol. The summed E-state index contributed by atoms with van der Waals surface area (Å²) in [5, 5.41) is 2.74. The minimum Gasteiger partial charge on any atom is -0.462 e. The van der Waals surface area contributed by atoms with Gasteiger partial charge >= 0.3 is 5.97 Å². The first kappa shape index (κ1) is 13.8. The van der Waals surface area contributed by atoms with E-state index in [1.165, 1.54) is 6.33 Å². The number of nitrogens with zero attached hydrogens (tertiary/aromatic N) is 1. The lowest BCUT2D eigenvalue weighted by atomic mass is 10.2. The summed E-state index contributed by atoms with van der Waals surface area (Å²) in [4.78, 5) is 29.9. The molecule has 0 saturated carbocycles. The standard InChI is InChI=1S/C14H15N3O3/c1-2-20-14(19)10-3-5-11(6-4-10)17-13(18)7-12-8-15-9-16-12/h3-6,8-9H,2,7H2,1H3,(H,15,16)(H,17,18). The molecule has 0 fully saturated rings. The molecule has 1 amide bonds. The fourth-order valence-electron chi connectivity index (χ4n) is 1.66. The first-order valence-corrected chi connectivity index (χ1v) is 6.23. The number of aromatic nitrogens is 2. The highest BCUT2D eigenvalue weighted by Crippen LogP contribution is 2.11. The van der Waals surface area contributed by atoms with Gasteiger partial charge in [-0.1, -0.05) is 0 Å². The van der Waals surface area contributed by atoms with Crippen LogP contribution in [0.25, 0.3) is 0 Å². The van der Waals surface area contributed by atoms with Gasteiger partial charge in [-0.25, -0.2) is 9.78 Å². The topological polar surface area (TPSA) is 84.1 Å². The van der Waals surface area contributed by atoms with Crippen molar-refractivity contribution in [3.05, 3.63) is 48.0 Å². The van der Waals surface area contributed by atoms with E-state index >= 15 is 0 Å². The number of rotatable bonds is 5. The lowest BCUT2D eigenvalue weighted by Crippen LogP contribution is -2.14. The van der Waals surface area contributed by atoms with Gasteiger partial charge in [0.05, 0.1) is 24.9 Å². The molecule has 0 aliphatic carbocycles. The van der Waals surface area contributed by atoms with Gasteiger partial charge in [0.25, 0.3) is 0 Å². The number of aromatic amines is 1. The van der Waals surface area contributed by atoms with Gasteiger partial charge in [0.2, 0.25) is 5.91 Å². The summed E-state index contributed by atoms with van der Waals surface area (Å²) < 4.78 is 4.88. The lowest BCUT2D eigenvalue weighted by molar-refractivity contribution is -0.115. The Morgan fingerprint density at radius 3 is 2.65 bits per heavy atom. The van der Waals surface area contributed by atoms with Crippen molar-refractivity contribution >= 4 is 17.6 Å². The first-order valence-electron chi connectivity index (χ1n) is 6.23. The summed E-state index contributed by atoms with van der Waals surface area (Å²) in [7, 11) is 0. The van der Waals surface area contributed by atoms with Crippen molar-refractivity contribution in [3.8, 4) is 0 Å². The van der Waals surface area contributed by atoms with Gasteiger partial charge in [0.1, 0.15) is 0 Å². The lowest BCUT2D eigenvalue weighted by Gasteiger charge is -2.06. The van der Waals surface area contributed by atoms with Crippen molar-refractivity contribution in [2.24, 2.45) is 0 Å². The number of amides is 1. The largest absolute Gasteiger partial charge is 0.462 e. The molecule has 1 heterocycles. The number of imidazole rings is 1. The number of H-pyrrole nitrogens is 1. The maximum atomic E-state index is 11.8. The molecular formula is C14H15N3O3. The Labute approximate surface area is 116 Å². The average Bonchev–Trinajstić information content (AvgIpc) is 2.92. The Morgan fingerprint density at radius 1 is 1.30 bits per heavy atom. The van der Waals surface area contributed by atoms with Crippen LogP contribution in [0.2, 0.25) is 0 Å². The molecule has 0 atom stereocenters. The highest BCUT2D eigenvalue weighted by molar-refractivity contribution is 5.93. The average molecular weight is 273 g/mol. The van der Waals surface area contributed by atoms with Crippen molar-refractivity contribution in [1.82, 2.24) is 9.97 Å². The number of esters is 1. The molecule has 104 valence electrons. The van der Waals surface area contributed by atoms with E-state index in [2.05, 4.69) is 15.3 Å². The zero-order chi connectivity index (χ0) is 14.4. The minimum absolute atomic E-state index is 0.155. The molecule has 2 N–H and O–H groups in total. The minimum atomic E-state index is -0.372. The first-order chi connectivity index (χ1) is 9.69. The van der Waals surface area contributed by atoms with Gasteiger partial charge in [0.15, 0.2) is 0 Å². The van der Waals surface area contributed by atoms with Crippen LogP contribution in [0.3, 0.4) is 0 Å². The zero-order valence-corrected chi connectivity index (χ0v) is 11.1. The second-order valence-corrected chi connectivity index (χ2v) is 4.10. The molecule has 0 spiro atoms. The van der Waals surface area contributed by atoms with E-state index in [9.17, 15) is 9.59 Å². The Morgan fingerprint density at radius 2 is 2.05 bits per heavy atom. The van der Waals surface area contributed by atoms with Crippen molar-refractivity contribution < 1.29 is 14.3 Å². The predicted octanol–water partition coefficient (Wildman–Crippen LogP) is 1.77. The predicted molar refractivity (Wildman–Crippen MR) is 73.3 cm³/mol. The van der Waals surface area contributed by atoms with E-state index in [1.54, 1.807) is 37.4 Å². The van der Waals surface area contributed by atoms with Crippen LogP contribution < -0.4 is 5.32 Å². The number of carbonyl (C=O) groups is 2.